The van der Waals surface area contributed by atoms with Crippen LogP contribution >= 0.6 is 12.4 Å². The van der Waals surface area contributed by atoms with E-state index < -0.39 is 0 Å². The van der Waals surface area contributed by atoms with E-state index in [9.17, 15) is 0 Å². The van der Waals surface area contributed by atoms with Crippen molar-refractivity contribution < 1.29 is 4.74 Å². The Labute approximate surface area is 191 Å². The second-order valence-electron chi connectivity index (χ2n) is 8.54. The maximum atomic E-state index is 6.14. The highest BCUT2D eigenvalue weighted by Crippen LogP contribution is 2.49. The zero-order chi connectivity index (χ0) is 20.6. The van der Waals surface area contributed by atoms with Crippen molar-refractivity contribution >= 4 is 18.6 Å². The van der Waals surface area contributed by atoms with Crippen LogP contribution in [-0.2, 0) is 0 Å². The number of rotatable bonds is 5. The van der Waals surface area contributed by atoms with Gasteiger partial charge in [0.25, 0.3) is 0 Å². The van der Waals surface area contributed by atoms with E-state index in [1.807, 2.05) is 36.5 Å². The van der Waals surface area contributed by atoms with E-state index in [0.717, 1.165) is 43.1 Å². The number of aliphatic imine (C=N–C) groups is 1. The average Bonchev–Trinajstić information content (AvgIpc) is 3.15. The summed E-state index contributed by atoms with van der Waals surface area (Å²) in [4.78, 5) is 7.56. The molecule has 1 spiro atoms. The van der Waals surface area contributed by atoms with E-state index in [4.69, 9.17) is 9.73 Å². The topological polar surface area (TPSA) is 24.8 Å². The lowest BCUT2D eigenvalue weighted by molar-refractivity contribution is 0.181. The normalized spacial score (nSPS) is 23.3. The summed E-state index contributed by atoms with van der Waals surface area (Å²) in [7, 11) is 0. The van der Waals surface area contributed by atoms with Crippen LogP contribution in [0.3, 0.4) is 0 Å². The lowest BCUT2D eigenvalue weighted by Gasteiger charge is -2.44. The van der Waals surface area contributed by atoms with E-state index in [0.29, 0.717) is 5.92 Å². The number of benzene rings is 2. The maximum absolute atomic E-state index is 6.14. The molecule has 0 N–H and O–H groups in total. The second kappa shape index (κ2) is 8.86. The molecular formula is C27H29ClN2O. The van der Waals surface area contributed by atoms with Gasteiger partial charge in [0.15, 0.2) is 0 Å². The molecule has 1 aliphatic carbocycles. The van der Waals surface area contributed by atoms with Gasteiger partial charge in [-0.1, -0.05) is 55.5 Å². The average molecular weight is 433 g/mol. The molecule has 0 saturated carbocycles. The van der Waals surface area contributed by atoms with Crippen LogP contribution in [-0.4, -0.2) is 29.7 Å². The molecule has 0 bridgehead atoms. The maximum Gasteiger partial charge on any atom is 0.127 e. The number of hydrogen-bond acceptors (Lipinski definition) is 3. The monoisotopic (exact) mass is 432 g/mol. The number of halogens is 1. The molecule has 0 radical (unpaired) electrons. The Morgan fingerprint density at radius 2 is 1.77 bits per heavy atom. The third-order valence-corrected chi connectivity index (χ3v) is 6.69. The fourth-order valence-electron chi connectivity index (χ4n) is 5.14. The van der Waals surface area contributed by atoms with Crippen LogP contribution in [0.5, 0.6) is 5.75 Å². The van der Waals surface area contributed by atoms with Gasteiger partial charge in [-0.05, 0) is 60.6 Å². The summed E-state index contributed by atoms with van der Waals surface area (Å²) in [5.41, 5.74) is 5.24. The lowest BCUT2D eigenvalue weighted by Crippen LogP contribution is -2.49. The molecule has 160 valence electrons. The molecular weight excluding hydrogens is 404 g/mol. The molecule has 2 atom stereocenters. The van der Waals surface area contributed by atoms with Gasteiger partial charge in [0.1, 0.15) is 11.5 Å². The molecule has 4 heteroatoms. The van der Waals surface area contributed by atoms with Crippen molar-refractivity contribution in [3.8, 4) is 5.75 Å². The summed E-state index contributed by atoms with van der Waals surface area (Å²) in [6.07, 6.45) is 8.45. The van der Waals surface area contributed by atoms with Gasteiger partial charge < -0.3 is 4.74 Å². The molecule has 3 aliphatic rings. The molecule has 1 fully saturated rings. The van der Waals surface area contributed by atoms with Crippen molar-refractivity contribution in [2.75, 3.05) is 13.1 Å². The van der Waals surface area contributed by atoms with Crippen molar-refractivity contribution in [2.24, 2.45) is 4.99 Å². The van der Waals surface area contributed by atoms with Gasteiger partial charge in [-0.2, -0.15) is 0 Å². The molecule has 31 heavy (non-hydrogen) atoms. The number of allylic oxidation sites excluding steroid dienone is 2. The first-order valence-corrected chi connectivity index (χ1v) is 10.9. The smallest absolute Gasteiger partial charge is 0.127 e. The fourth-order valence-corrected chi connectivity index (χ4v) is 5.14. The number of likely N-dealkylation sites (tertiary alicyclic amines) is 1. The van der Waals surface area contributed by atoms with Crippen molar-refractivity contribution in [1.82, 2.24) is 4.90 Å². The summed E-state index contributed by atoms with van der Waals surface area (Å²) in [5.74, 6) is 2.23. The van der Waals surface area contributed by atoms with Gasteiger partial charge in [0.05, 0.1) is 11.2 Å². The van der Waals surface area contributed by atoms with Gasteiger partial charge >= 0.3 is 0 Å². The van der Waals surface area contributed by atoms with Gasteiger partial charge in [0.2, 0.25) is 0 Å². The van der Waals surface area contributed by atoms with Crippen LogP contribution in [0.25, 0.3) is 0 Å². The number of nitrogens with zero attached hydrogens (tertiary/aromatic N) is 2. The summed E-state index contributed by atoms with van der Waals surface area (Å²) in [5, 5.41) is 0. The van der Waals surface area contributed by atoms with E-state index in [1.165, 1.54) is 16.7 Å². The quantitative estimate of drug-likeness (QED) is 0.553. The fraction of sp³-hybridized carbons (Fsp3) is 0.296. The number of ether oxygens (including phenoxy) is 1. The first kappa shape index (κ1) is 21.6. The minimum atomic E-state index is -0.120. The van der Waals surface area contributed by atoms with Crippen LogP contribution < -0.4 is 4.74 Å². The molecule has 5 rings (SSSR count). The van der Waals surface area contributed by atoms with Gasteiger partial charge in [-0.15, -0.1) is 12.4 Å². The first-order chi connectivity index (χ1) is 14.7. The zero-order valence-corrected chi connectivity index (χ0v) is 18.9. The minimum Gasteiger partial charge on any atom is -0.458 e. The van der Waals surface area contributed by atoms with Crippen LogP contribution in [0.15, 0.2) is 100 Å². The molecule has 3 nitrogen and oxygen atoms in total. The standard InChI is InChI=1S/C27H28N2O.ClH/c1-20-18-28-26-17-24(30-23-11-7-4-8-12-23)13-15-27(26)25(20)14-16-29(27)19-21(2)22-9-5-3-6-10-22;/h3-13,17-18,21H,14-16,19H2,1-2H3;1H. The van der Waals surface area contributed by atoms with E-state index in [-0.39, 0.29) is 17.9 Å². The predicted molar refractivity (Wildman–Crippen MR) is 130 cm³/mol. The van der Waals surface area contributed by atoms with Crippen molar-refractivity contribution in [3.63, 3.8) is 0 Å². The highest BCUT2D eigenvalue weighted by atomic mass is 35.5. The Morgan fingerprint density at radius 3 is 2.52 bits per heavy atom. The molecule has 1 saturated heterocycles. The Kier molecular flexibility index (Phi) is 6.17. The van der Waals surface area contributed by atoms with Crippen LogP contribution in [0.1, 0.15) is 38.2 Å². The van der Waals surface area contributed by atoms with Gasteiger partial charge in [-0.3, -0.25) is 9.89 Å². The molecule has 2 unspecified atom stereocenters. The summed E-state index contributed by atoms with van der Waals surface area (Å²) in [6.45, 7) is 6.64. The summed E-state index contributed by atoms with van der Waals surface area (Å²) < 4.78 is 6.14. The minimum absolute atomic E-state index is 0. The largest absolute Gasteiger partial charge is 0.458 e. The Balaban J connectivity index is 0.00000231. The summed E-state index contributed by atoms with van der Waals surface area (Å²) >= 11 is 0. The van der Waals surface area contributed by atoms with Crippen LogP contribution in [0.4, 0.5) is 0 Å². The highest BCUT2D eigenvalue weighted by Gasteiger charge is 2.50. The Hall–Kier alpha value is -2.62. The highest BCUT2D eigenvalue weighted by molar-refractivity contribution is 5.85. The molecule has 0 amide bonds. The second-order valence-corrected chi connectivity index (χ2v) is 8.54. The van der Waals surface area contributed by atoms with Crippen LogP contribution in [0.2, 0.25) is 0 Å². The molecule has 2 heterocycles. The third kappa shape index (κ3) is 3.88. The Bertz CT molecular complexity index is 1060. The number of para-hydroxylation sites is 1. The van der Waals surface area contributed by atoms with Gasteiger partial charge in [0, 0.05) is 25.4 Å². The van der Waals surface area contributed by atoms with Crippen LogP contribution in [0, 0.1) is 0 Å². The van der Waals surface area contributed by atoms with E-state index in [1.54, 1.807) is 0 Å². The van der Waals surface area contributed by atoms with Gasteiger partial charge in [-0.25, -0.2) is 0 Å². The third-order valence-electron chi connectivity index (χ3n) is 6.69. The van der Waals surface area contributed by atoms with E-state index in [2.05, 4.69) is 61.2 Å². The molecule has 0 aromatic heterocycles. The number of hydrogen-bond donors (Lipinski definition) is 0. The lowest BCUT2D eigenvalue weighted by atomic mass is 9.77. The SMILES string of the molecule is CC1=C2CCN(CC(C)c3ccccc3)C23CC=C(Oc2ccccc2)C=C3N=C1.Cl. The first-order valence-electron chi connectivity index (χ1n) is 10.9. The molecule has 2 aromatic rings. The summed E-state index contributed by atoms with van der Waals surface area (Å²) in [6, 6.07) is 20.8. The number of dihydropyridines is 1. The Morgan fingerprint density at radius 1 is 1.06 bits per heavy atom. The molecule has 2 aliphatic heterocycles. The van der Waals surface area contributed by atoms with E-state index >= 15 is 0 Å². The van der Waals surface area contributed by atoms with Crippen molar-refractivity contribution in [2.45, 2.75) is 38.1 Å². The van der Waals surface area contributed by atoms with Crippen molar-refractivity contribution in [3.05, 3.63) is 101 Å². The predicted octanol–water partition coefficient (Wildman–Crippen LogP) is 6.31. The zero-order valence-electron chi connectivity index (χ0n) is 18.1. The molecule has 2 aromatic carbocycles. The van der Waals surface area contributed by atoms with Crippen molar-refractivity contribution in [1.29, 1.82) is 0 Å².